The van der Waals surface area contributed by atoms with E-state index in [9.17, 15) is 4.39 Å². The molecule has 1 heterocycles. The summed E-state index contributed by atoms with van der Waals surface area (Å²) in [4.78, 5) is 0. The first-order valence-electron chi connectivity index (χ1n) is 5.01. The van der Waals surface area contributed by atoms with E-state index < -0.39 is 0 Å². The number of halogens is 2. The molecule has 0 N–H and O–H groups in total. The van der Waals surface area contributed by atoms with Crippen LogP contribution in [0.2, 0.25) is 0 Å². The van der Waals surface area contributed by atoms with Crippen molar-refractivity contribution >= 4 is 11.6 Å². The molecule has 0 saturated heterocycles. The average Bonchev–Trinajstić information content (AvgIpc) is 2.71. The Labute approximate surface area is 97.9 Å². The summed E-state index contributed by atoms with van der Waals surface area (Å²) < 4.78 is 14.9. The topological polar surface area (TPSA) is 30.7 Å². The lowest BCUT2D eigenvalue weighted by Gasteiger charge is -2.07. The van der Waals surface area contributed by atoms with Crippen LogP contribution in [0.25, 0.3) is 5.69 Å². The molecule has 0 bridgehead atoms. The van der Waals surface area contributed by atoms with Gasteiger partial charge in [-0.25, -0.2) is 4.39 Å². The normalized spacial score (nSPS) is 10.7. The molecule has 0 aliphatic carbocycles. The number of rotatable bonds is 3. The van der Waals surface area contributed by atoms with E-state index in [2.05, 4.69) is 10.2 Å². The fourth-order valence-corrected chi connectivity index (χ4v) is 1.76. The fraction of sp³-hybridized carbons (Fsp3) is 0.273. The van der Waals surface area contributed by atoms with Crippen LogP contribution in [0.15, 0.2) is 24.3 Å². The van der Waals surface area contributed by atoms with E-state index in [4.69, 9.17) is 11.6 Å². The van der Waals surface area contributed by atoms with Gasteiger partial charge in [0.25, 0.3) is 0 Å². The van der Waals surface area contributed by atoms with Crippen LogP contribution in [0.1, 0.15) is 18.6 Å². The van der Waals surface area contributed by atoms with Crippen molar-refractivity contribution in [3.05, 3.63) is 41.7 Å². The van der Waals surface area contributed by atoms with Crippen molar-refractivity contribution in [2.75, 3.05) is 0 Å². The molecule has 0 saturated carbocycles. The van der Waals surface area contributed by atoms with Crippen LogP contribution in [-0.4, -0.2) is 14.8 Å². The lowest BCUT2D eigenvalue weighted by Crippen LogP contribution is -2.04. The SMILES string of the molecule is CCc1nnc(CCl)n1-c1cccc(F)c1. The molecule has 0 aliphatic heterocycles. The summed E-state index contributed by atoms with van der Waals surface area (Å²) in [7, 11) is 0. The number of aryl methyl sites for hydroxylation is 1. The number of alkyl halides is 1. The highest BCUT2D eigenvalue weighted by atomic mass is 35.5. The molecule has 0 atom stereocenters. The summed E-state index contributed by atoms with van der Waals surface area (Å²) in [6.45, 7) is 1.97. The summed E-state index contributed by atoms with van der Waals surface area (Å²) in [5.41, 5.74) is 0.706. The molecule has 16 heavy (non-hydrogen) atoms. The molecular weight excluding hydrogens is 229 g/mol. The van der Waals surface area contributed by atoms with Gasteiger partial charge in [-0.1, -0.05) is 13.0 Å². The van der Waals surface area contributed by atoms with E-state index in [-0.39, 0.29) is 11.7 Å². The first-order chi connectivity index (χ1) is 7.76. The van der Waals surface area contributed by atoms with Gasteiger partial charge in [0, 0.05) is 6.42 Å². The van der Waals surface area contributed by atoms with Crippen molar-refractivity contribution in [1.82, 2.24) is 14.8 Å². The summed E-state index contributed by atoms with van der Waals surface area (Å²) >= 11 is 5.77. The van der Waals surface area contributed by atoms with Gasteiger partial charge in [0.05, 0.1) is 11.6 Å². The van der Waals surface area contributed by atoms with E-state index in [1.807, 2.05) is 13.0 Å². The van der Waals surface area contributed by atoms with Gasteiger partial charge in [-0.3, -0.25) is 4.57 Å². The van der Waals surface area contributed by atoms with Crippen molar-refractivity contribution in [1.29, 1.82) is 0 Å². The number of nitrogens with zero attached hydrogens (tertiary/aromatic N) is 3. The standard InChI is InChI=1S/C11H11ClFN3/c1-2-10-14-15-11(7-12)16(10)9-5-3-4-8(13)6-9/h3-6H,2,7H2,1H3. The van der Waals surface area contributed by atoms with E-state index in [0.29, 0.717) is 11.5 Å². The van der Waals surface area contributed by atoms with Crippen molar-refractivity contribution in [2.45, 2.75) is 19.2 Å². The van der Waals surface area contributed by atoms with Gasteiger partial charge in [0.2, 0.25) is 0 Å². The lowest BCUT2D eigenvalue weighted by atomic mass is 10.3. The Hall–Kier alpha value is -1.42. The lowest BCUT2D eigenvalue weighted by molar-refractivity contribution is 0.626. The highest BCUT2D eigenvalue weighted by molar-refractivity contribution is 6.16. The molecule has 1 aromatic heterocycles. The zero-order valence-corrected chi connectivity index (χ0v) is 9.58. The van der Waals surface area contributed by atoms with E-state index in [1.165, 1.54) is 12.1 Å². The third-order valence-corrected chi connectivity index (χ3v) is 2.54. The number of benzene rings is 1. The molecule has 84 valence electrons. The maximum absolute atomic E-state index is 13.1. The summed E-state index contributed by atoms with van der Waals surface area (Å²) in [5.74, 6) is 1.38. The minimum atomic E-state index is -0.284. The molecule has 0 unspecified atom stereocenters. The van der Waals surface area contributed by atoms with Gasteiger partial charge in [0.1, 0.15) is 11.6 Å². The van der Waals surface area contributed by atoms with E-state index >= 15 is 0 Å². The van der Waals surface area contributed by atoms with Crippen molar-refractivity contribution in [3.8, 4) is 5.69 Å². The van der Waals surface area contributed by atoms with E-state index in [1.54, 1.807) is 10.6 Å². The molecule has 0 amide bonds. The highest BCUT2D eigenvalue weighted by Crippen LogP contribution is 2.16. The monoisotopic (exact) mass is 239 g/mol. The van der Waals surface area contributed by atoms with Gasteiger partial charge in [-0.2, -0.15) is 0 Å². The van der Waals surface area contributed by atoms with Crippen LogP contribution >= 0.6 is 11.6 Å². The predicted molar refractivity (Wildman–Crippen MR) is 60.3 cm³/mol. The van der Waals surface area contributed by atoms with Crippen molar-refractivity contribution in [3.63, 3.8) is 0 Å². The fourth-order valence-electron chi connectivity index (χ4n) is 1.58. The predicted octanol–water partition coefficient (Wildman–Crippen LogP) is 2.71. The Morgan fingerprint density at radius 1 is 1.31 bits per heavy atom. The quantitative estimate of drug-likeness (QED) is 0.771. The van der Waals surface area contributed by atoms with Crippen LogP contribution in [0.4, 0.5) is 4.39 Å². The largest absolute Gasteiger partial charge is 0.282 e. The molecule has 0 radical (unpaired) electrons. The second-order valence-corrected chi connectivity index (χ2v) is 3.60. The van der Waals surface area contributed by atoms with Crippen molar-refractivity contribution in [2.24, 2.45) is 0 Å². The summed E-state index contributed by atoms with van der Waals surface area (Å²) in [5, 5.41) is 7.99. The zero-order chi connectivity index (χ0) is 11.5. The van der Waals surface area contributed by atoms with Gasteiger partial charge in [-0.15, -0.1) is 21.8 Å². The second-order valence-electron chi connectivity index (χ2n) is 3.33. The Morgan fingerprint density at radius 2 is 2.06 bits per heavy atom. The zero-order valence-electron chi connectivity index (χ0n) is 8.82. The van der Waals surface area contributed by atoms with Crippen LogP contribution in [0.3, 0.4) is 0 Å². The first-order valence-corrected chi connectivity index (χ1v) is 5.54. The summed E-state index contributed by atoms with van der Waals surface area (Å²) in [6, 6.07) is 6.31. The molecule has 1 aromatic carbocycles. The van der Waals surface area contributed by atoms with Crippen LogP contribution in [-0.2, 0) is 12.3 Å². The molecule has 0 aliphatic rings. The molecule has 3 nitrogen and oxygen atoms in total. The van der Waals surface area contributed by atoms with Gasteiger partial charge < -0.3 is 0 Å². The Bertz CT molecular complexity index is 474. The number of hydrogen-bond donors (Lipinski definition) is 0. The van der Waals surface area contributed by atoms with Gasteiger partial charge in [-0.05, 0) is 18.2 Å². The maximum atomic E-state index is 13.1. The van der Waals surface area contributed by atoms with Gasteiger partial charge in [0.15, 0.2) is 5.82 Å². The number of aromatic nitrogens is 3. The molecule has 2 rings (SSSR count). The van der Waals surface area contributed by atoms with Crippen molar-refractivity contribution < 1.29 is 4.39 Å². The Kier molecular flexibility index (Phi) is 3.19. The molecule has 2 aromatic rings. The maximum Gasteiger partial charge on any atom is 0.152 e. The smallest absolute Gasteiger partial charge is 0.152 e. The Balaban J connectivity index is 2.57. The second kappa shape index (κ2) is 4.61. The molecular formula is C11H11ClFN3. The molecule has 0 spiro atoms. The minimum Gasteiger partial charge on any atom is -0.282 e. The first kappa shape index (κ1) is 11.1. The van der Waals surface area contributed by atoms with Crippen LogP contribution in [0.5, 0.6) is 0 Å². The van der Waals surface area contributed by atoms with Gasteiger partial charge >= 0.3 is 0 Å². The number of hydrogen-bond acceptors (Lipinski definition) is 2. The Morgan fingerprint density at radius 3 is 2.69 bits per heavy atom. The molecule has 5 heteroatoms. The van der Waals surface area contributed by atoms with E-state index in [0.717, 1.165) is 12.2 Å². The average molecular weight is 240 g/mol. The molecule has 0 fully saturated rings. The highest BCUT2D eigenvalue weighted by Gasteiger charge is 2.11. The minimum absolute atomic E-state index is 0.253. The third kappa shape index (κ3) is 1.93. The summed E-state index contributed by atoms with van der Waals surface area (Å²) in [6.07, 6.45) is 0.723. The van der Waals surface area contributed by atoms with Crippen LogP contribution < -0.4 is 0 Å². The third-order valence-electron chi connectivity index (χ3n) is 2.30. The van der Waals surface area contributed by atoms with Crippen LogP contribution in [0, 0.1) is 5.82 Å².